The maximum Gasteiger partial charge on any atom is 0.231 e. The van der Waals surface area contributed by atoms with Gasteiger partial charge in [-0.25, -0.2) is 4.98 Å². The van der Waals surface area contributed by atoms with Gasteiger partial charge in [-0.15, -0.1) is 0 Å². The molecular weight excluding hydrogens is 202 g/mol. The number of carbonyl (C=O) groups excluding carboxylic acids is 1. The molecule has 0 radical (unpaired) electrons. The maximum atomic E-state index is 12.1. The van der Waals surface area contributed by atoms with Crippen molar-refractivity contribution in [2.75, 3.05) is 0 Å². The summed E-state index contributed by atoms with van der Waals surface area (Å²) in [5.74, 6) is -0.175. The third kappa shape index (κ3) is 1.95. The van der Waals surface area contributed by atoms with E-state index in [1.807, 2.05) is 19.1 Å². The Labute approximate surface area is 93.4 Å². The third-order valence-electron chi connectivity index (χ3n) is 2.28. The molecule has 0 bridgehead atoms. The lowest BCUT2D eigenvalue weighted by Crippen LogP contribution is -2.09. The third-order valence-corrected chi connectivity index (χ3v) is 2.28. The second-order valence-electron chi connectivity index (χ2n) is 3.28. The SMILES string of the molecule is CCc1cccnc1C(=O)c1cnccn1. The predicted octanol–water partition coefficient (Wildman–Crippen LogP) is 1.66. The van der Waals surface area contributed by atoms with Crippen LogP contribution in [0.25, 0.3) is 0 Å². The van der Waals surface area contributed by atoms with E-state index in [9.17, 15) is 4.79 Å². The first-order chi connectivity index (χ1) is 7.83. The van der Waals surface area contributed by atoms with Gasteiger partial charge in [0.05, 0.1) is 6.20 Å². The van der Waals surface area contributed by atoms with Crippen LogP contribution in [0.3, 0.4) is 0 Å². The molecule has 0 saturated carbocycles. The normalized spacial score (nSPS) is 10.1. The molecule has 0 spiro atoms. The van der Waals surface area contributed by atoms with Gasteiger partial charge >= 0.3 is 0 Å². The van der Waals surface area contributed by atoms with Crippen LogP contribution in [-0.2, 0) is 6.42 Å². The van der Waals surface area contributed by atoms with Crippen LogP contribution >= 0.6 is 0 Å². The van der Waals surface area contributed by atoms with Gasteiger partial charge in [0.2, 0.25) is 5.78 Å². The lowest BCUT2D eigenvalue weighted by atomic mass is 10.1. The van der Waals surface area contributed by atoms with Gasteiger partial charge < -0.3 is 0 Å². The minimum atomic E-state index is -0.175. The molecule has 16 heavy (non-hydrogen) atoms. The highest BCUT2D eigenvalue weighted by molar-refractivity contribution is 6.07. The van der Waals surface area contributed by atoms with E-state index >= 15 is 0 Å². The zero-order chi connectivity index (χ0) is 11.4. The average molecular weight is 213 g/mol. The van der Waals surface area contributed by atoms with Gasteiger partial charge in [0, 0.05) is 18.6 Å². The Hall–Kier alpha value is -2.10. The van der Waals surface area contributed by atoms with Crippen LogP contribution in [0.5, 0.6) is 0 Å². The van der Waals surface area contributed by atoms with E-state index in [-0.39, 0.29) is 5.78 Å². The molecule has 0 N–H and O–H groups in total. The summed E-state index contributed by atoms with van der Waals surface area (Å²) in [6.07, 6.45) is 6.88. The monoisotopic (exact) mass is 213 g/mol. The number of hydrogen-bond acceptors (Lipinski definition) is 4. The van der Waals surface area contributed by atoms with Crippen molar-refractivity contribution in [3.05, 3.63) is 53.9 Å². The number of aromatic nitrogens is 3. The Balaban J connectivity index is 2.42. The van der Waals surface area contributed by atoms with Gasteiger partial charge in [-0.05, 0) is 18.1 Å². The van der Waals surface area contributed by atoms with Crippen molar-refractivity contribution < 1.29 is 4.79 Å². The van der Waals surface area contributed by atoms with Crippen LogP contribution < -0.4 is 0 Å². The average Bonchev–Trinajstić information content (AvgIpc) is 2.39. The fourth-order valence-electron chi connectivity index (χ4n) is 1.47. The van der Waals surface area contributed by atoms with Crippen LogP contribution in [0.15, 0.2) is 36.9 Å². The molecule has 0 aliphatic carbocycles. The molecule has 80 valence electrons. The van der Waals surface area contributed by atoms with Gasteiger partial charge in [0.1, 0.15) is 11.4 Å². The zero-order valence-corrected chi connectivity index (χ0v) is 8.92. The van der Waals surface area contributed by atoms with Crippen LogP contribution in [0.4, 0.5) is 0 Å². The molecule has 0 amide bonds. The van der Waals surface area contributed by atoms with E-state index in [0.29, 0.717) is 11.4 Å². The second-order valence-corrected chi connectivity index (χ2v) is 3.28. The van der Waals surface area contributed by atoms with Crippen molar-refractivity contribution in [2.24, 2.45) is 0 Å². The van der Waals surface area contributed by atoms with E-state index in [0.717, 1.165) is 12.0 Å². The van der Waals surface area contributed by atoms with E-state index in [1.54, 1.807) is 6.20 Å². The standard InChI is InChI=1S/C12H11N3O/c1-2-9-4-3-5-15-11(9)12(16)10-8-13-6-7-14-10/h3-8H,2H2,1H3. The number of aryl methyl sites for hydroxylation is 1. The molecule has 0 saturated heterocycles. The Kier molecular flexibility index (Phi) is 3.00. The quantitative estimate of drug-likeness (QED) is 0.728. The summed E-state index contributed by atoms with van der Waals surface area (Å²) in [5, 5.41) is 0. The first-order valence-corrected chi connectivity index (χ1v) is 5.07. The Morgan fingerprint density at radius 2 is 2.12 bits per heavy atom. The highest BCUT2D eigenvalue weighted by Crippen LogP contribution is 2.10. The van der Waals surface area contributed by atoms with Crippen molar-refractivity contribution >= 4 is 5.78 Å². The number of pyridine rings is 1. The summed E-state index contributed by atoms with van der Waals surface area (Å²) in [5.41, 5.74) is 1.72. The molecule has 4 heteroatoms. The molecule has 2 heterocycles. The number of ketones is 1. The molecule has 2 rings (SSSR count). The first-order valence-electron chi connectivity index (χ1n) is 5.07. The number of hydrogen-bond donors (Lipinski definition) is 0. The van der Waals surface area contributed by atoms with Crippen molar-refractivity contribution in [3.63, 3.8) is 0 Å². The Morgan fingerprint density at radius 1 is 1.25 bits per heavy atom. The number of carbonyl (C=O) groups is 1. The minimum Gasteiger partial charge on any atom is -0.285 e. The molecule has 0 unspecified atom stereocenters. The van der Waals surface area contributed by atoms with Crippen molar-refractivity contribution in [1.29, 1.82) is 0 Å². The van der Waals surface area contributed by atoms with E-state index < -0.39 is 0 Å². The van der Waals surface area contributed by atoms with Crippen LogP contribution in [0, 0.1) is 0 Å². The molecule has 2 aromatic rings. The van der Waals surface area contributed by atoms with Crippen molar-refractivity contribution in [1.82, 2.24) is 15.0 Å². The summed E-state index contributed by atoms with van der Waals surface area (Å²) in [6, 6.07) is 3.73. The Bertz CT molecular complexity index is 497. The molecule has 0 atom stereocenters. The first kappa shape index (κ1) is 10.4. The van der Waals surface area contributed by atoms with Gasteiger partial charge in [0.15, 0.2) is 0 Å². The number of rotatable bonds is 3. The molecule has 0 aliphatic rings. The van der Waals surface area contributed by atoms with Gasteiger partial charge in [-0.2, -0.15) is 0 Å². The predicted molar refractivity (Wildman–Crippen MR) is 59.1 cm³/mol. The molecular formula is C12H11N3O. The smallest absolute Gasteiger partial charge is 0.231 e. The fourth-order valence-corrected chi connectivity index (χ4v) is 1.47. The summed E-state index contributed by atoms with van der Waals surface area (Å²) in [6.45, 7) is 1.99. The van der Waals surface area contributed by atoms with Crippen molar-refractivity contribution in [2.45, 2.75) is 13.3 Å². The second kappa shape index (κ2) is 4.61. The number of nitrogens with zero attached hydrogens (tertiary/aromatic N) is 3. The molecule has 0 aliphatic heterocycles. The lowest BCUT2D eigenvalue weighted by Gasteiger charge is -2.03. The highest BCUT2D eigenvalue weighted by atomic mass is 16.1. The lowest BCUT2D eigenvalue weighted by molar-refractivity contribution is 0.102. The summed E-state index contributed by atoms with van der Waals surface area (Å²) >= 11 is 0. The largest absolute Gasteiger partial charge is 0.285 e. The molecule has 0 aromatic carbocycles. The highest BCUT2D eigenvalue weighted by Gasteiger charge is 2.14. The summed E-state index contributed by atoms with van der Waals surface area (Å²) in [7, 11) is 0. The minimum absolute atomic E-state index is 0.175. The van der Waals surface area contributed by atoms with Gasteiger partial charge in [-0.1, -0.05) is 13.0 Å². The molecule has 0 fully saturated rings. The summed E-state index contributed by atoms with van der Waals surface area (Å²) in [4.78, 5) is 24.0. The van der Waals surface area contributed by atoms with Crippen LogP contribution in [0.2, 0.25) is 0 Å². The Morgan fingerprint density at radius 3 is 2.81 bits per heavy atom. The van der Waals surface area contributed by atoms with Crippen LogP contribution in [0.1, 0.15) is 28.7 Å². The fraction of sp³-hybridized carbons (Fsp3) is 0.167. The zero-order valence-electron chi connectivity index (χ0n) is 8.92. The van der Waals surface area contributed by atoms with E-state index in [2.05, 4.69) is 15.0 Å². The van der Waals surface area contributed by atoms with Crippen LogP contribution in [-0.4, -0.2) is 20.7 Å². The van der Waals surface area contributed by atoms with Crippen molar-refractivity contribution in [3.8, 4) is 0 Å². The molecule has 2 aromatic heterocycles. The topological polar surface area (TPSA) is 55.7 Å². The molecule has 4 nitrogen and oxygen atoms in total. The van der Waals surface area contributed by atoms with E-state index in [1.165, 1.54) is 18.6 Å². The van der Waals surface area contributed by atoms with E-state index in [4.69, 9.17) is 0 Å². The maximum absolute atomic E-state index is 12.1. The summed E-state index contributed by atoms with van der Waals surface area (Å²) < 4.78 is 0. The van der Waals surface area contributed by atoms with Gasteiger partial charge in [-0.3, -0.25) is 14.8 Å². The van der Waals surface area contributed by atoms with Gasteiger partial charge in [0.25, 0.3) is 0 Å².